The Morgan fingerprint density at radius 2 is 1.65 bits per heavy atom. The number of hydrogen-bond donors (Lipinski definition) is 0. The van der Waals surface area contributed by atoms with Crippen LogP contribution in [0.5, 0.6) is 0 Å². The summed E-state index contributed by atoms with van der Waals surface area (Å²) < 4.78 is 0. The molecule has 118 valence electrons. The molecule has 0 unspecified atom stereocenters. The fourth-order valence-corrected chi connectivity index (χ4v) is 3.02. The zero-order valence-electron chi connectivity index (χ0n) is 13.0. The molecule has 0 N–H and O–H groups in total. The molecule has 1 aromatic heterocycles. The highest BCUT2D eigenvalue weighted by molar-refractivity contribution is 5.98. The van der Waals surface area contributed by atoms with Crippen molar-refractivity contribution in [2.24, 2.45) is 5.92 Å². The Hall–Kier alpha value is -2.49. The number of carbonyl (C=O) groups is 2. The molecule has 2 aromatic rings. The molecule has 1 aliphatic heterocycles. The molecule has 1 fully saturated rings. The van der Waals surface area contributed by atoms with Gasteiger partial charge in [0.2, 0.25) is 5.91 Å². The second-order valence-corrected chi connectivity index (χ2v) is 5.92. The lowest BCUT2D eigenvalue weighted by molar-refractivity contribution is -0.131. The minimum atomic E-state index is 0.0300. The predicted octanol–water partition coefficient (Wildman–Crippen LogP) is 2.75. The van der Waals surface area contributed by atoms with E-state index in [-0.39, 0.29) is 17.6 Å². The number of Topliss-reactive ketones (excluding diaryl/α,β-unsaturated/α-hetero) is 1. The third kappa shape index (κ3) is 3.83. The zero-order valence-corrected chi connectivity index (χ0v) is 13.0. The van der Waals surface area contributed by atoms with E-state index < -0.39 is 0 Å². The number of carbonyl (C=O) groups excluding carboxylic acids is 2. The molecule has 0 atom stereocenters. The summed E-state index contributed by atoms with van der Waals surface area (Å²) in [5, 5.41) is 0. The fourth-order valence-electron chi connectivity index (χ4n) is 3.02. The predicted molar refractivity (Wildman–Crippen MR) is 88.0 cm³/mol. The highest BCUT2D eigenvalue weighted by Crippen LogP contribution is 2.22. The van der Waals surface area contributed by atoms with Crippen molar-refractivity contribution in [3.8, 4) is 0 Å². The number of aromatic nitrogens is 1. The number of ketones is 1. The van der Waals surface area contributed by atoms with E-state index in [0.717, 1.165) is 24.0 Å². The van der Waals surface area contributed by atoms with E-state index in [1.165, 1.54) is 0 Å². The van der Waals surface area contributed by atoms with Gasteiger partial charge in [0.1, 0.15) is 0 Å². The molecule has 0 radical (unpaired) electrons. The Balaban J connectivity index is 1.54. The first-order valence-electron chi connectivity index (χ1n) is 8.00. The Bertz CT molecular complexity index is 662. The molecule has 2 heterocycles. The van der Waals surface area contributed by atoms with Gasteiger partial charge in [0.15, 0.2) is 5.78 Å². The number of hydrogen-bond acceptors (Lipinski definition) is 3. The lowest BCUT2D eigenvalue weighted by Gasteiger charge is -2.31. The molecule has 23 heavy (non-hydrogen) atoms. The van der Waals surface area contributed by atoms with E-state index in [4.69, 9.17) is 0 Å². The maximum atomic E-state index is 12.5. The van der Waals surface area contributed by atoms with Crippen molar-refractivity contribution in [2.75, 3.05) is 13.1 Å². The van der Waals surface area contributed by atoms with Gasteiger partial charge in [-0.3, -0.25) is 14.6 Å². The minimum absolute atomic E-state index is 0.0300. The summed E-state index contributed by atoms with van der Waals surface area (Å²) in [5.41, 5.74) is 1.75. The molecule has 4 nitrogen and oxygen atoms in total. The number of rotatable bonds is 4. The van der Waals surface area contributed by atoms with Gasteiger partial charge in [-0.05, 0) is 30.5 Å². The zero-order chi connectivity index (χ0) is 16.1. The van der Waals surface area contributed by atoms with Crippen molar-refractivity contribution in [1.82, 2.24) is 9.88 Å². The van der Waals surface area contributed by atoms with Crippen molar-refractivity contribution in [3.63, 3.8) is 0 Å². The van der Waals surface area contributed by atoms with Crippen LogP contribution in [0.25, 0.3) is 0 Å². The largest absolute Gasteiger partial charge is 0.342 e. The normalized spacial score (nSPS) is 15.4. The third-order valence-electron chi connectivity index (χ3n) is 4.38. The van der Waals surface area contributed by atoms with Crippen LogP contribution < -0.4 is 0 Å². The summed E-state index contributed by atoms with van der Waals surface area (Å²) >= 11 is 0. The standard InChI is InChI=1S/C19H20N2O2/c22-18(14-15-6-10-20-11-7-15)21-12-8-17(9-13-21)19(23)16-4-2-1-3-5-16/h1-7,10-11,17H,8-9,12-14H2. The Morgan fingerprint density at radius 1 is 1.00 bits per heavy atom. The van der Waals surface area contributed by atoms with Crippen molar-refractivity contribution >= 4 is 11.7 Å². The lowest BCUT2D eigenvalue weighted by Crippen LogP contribution is -2.41. The average Bonchev–Trinajstić information content (AvgIpc) is 2.63. The van der Waals surface area contributed by atoms with Crippen molar-refractivity contribution < 1.29 is 9.59 Å². The molecular weight excluding hydrogens is 288 g/mol. The summed E-state index contributed by atoms with van der Waals surface area (Å²) in [4.78, 5) is 30.6. The first-order chi connectivity index (χ1) is 11.2. The first-order valence-corrected chi connectivity index (χ1v) is 8.00. The molecule has 1 aliphatic rings. The third-order valence-corrected chi connectivity index (χ3v) is 4.38. The summed E-state index contributed by atoms with van der Waals surface area (Å²) in [6, 6.07) is 13.2. The van der Waals surface area contributed by atoms with Crippen molar-refractivity contribution in [2.45, 2.75) is 19.3 Å². The number of benzene rings is 1. The smallest absolute Gasteiger partial charge is 0.226 e. The van der Waals surface area contributed by atoms with Crippen LogP contribution in [0.2, 0.25) is 0 Å². The Labute approximate surface area is 136 Å². The van der Waals surface area contributed by atoms with E-state index in [1.807, 2.05) is 47.4 Å². The van der Waals surface area contributed by atoms with Gasteiger partial charge < -0.3 is 4.90 Å². The molecule has 1 amide bonds. The van der Waals surface area contributed by atoms with Crippen LogP contribution in [0, 0.1) is 5.92 Å². The SMILES string of the molecule is O=C(c1ccccc1)C1CCN(C(=O)Cc2ccncc2)CC1. The van der Waals surface area contributed by atoms with Crippen LogP contribution in [0.15, 0.2) is 54.9 Å². The lowest BCUT2D eigenvalue weighted by atomic mass is 9.89. The van der Waals surface area contributed by atoms with Crippen molar-refractivity contribution in [3.05, 3.63) is 66.0 Å². The summed E-state index contributed by atoms with van der Waals surface area (Å²) in [7, 11) is 0. The van der Waals surface area contributed by atoms with E-state index in [1.54, 1.807) is 12.4 Å². The van der Waals surface area contributed by atoms with Gasteiger partial charge in [0.05, 0.1) is 6.42 Å². The summed E-state index contributed by atoms with van der Waals surface area (Å²) in [6.07, 6.45) is 5.30. The maximum absolute atomic E-state index is 12.5. The maximum Gasteiger partial charge on any atom is 0.226 e. The average molecular weight is 308 g/mol. The van der Waals surface area contributed by atoms with Crippen LogP contribution in [0.1, 0.15) is 28.8 Å². The topological polar surface area (TPSA) is 50.3 Å². The van der Waals surface area contributed by atoms with E-state index in [2.05, 4.69) is 4.98 Å². The fraction of sp³-hybridized carbons (Fsp3) is 0.316. The Kier molecular flexibility index (Phi) is 4.81. The highest BCUT2D eigenvalue weighted by Gasteiger charge is 2.27. The monoisotopic (exact) mass is 308 g/mol. The van der Waals surface area contributed by atoms with Gasteiger partial charge in [0.25, 0.3) is 0 Å². The van der Waals surface area contributed by atoms with Gasteiger partial charge in [0, 0.05) is 37.0 Å². The van der Waals surface area contributed by atoms with Crippen LogP contribution in [0.3, 0.4) is 0 Å². The van der Waals surface area contributed by atoms with Gasteiger partial charge in [-0.2, -0.15) is 0 Å². The van der Waals surface area contributed by atoms with Crippen LogP contribution in [-0.2, 0) is 11.2 Å². The molecule has 0 saturated carbocycles. The van der Waals surface area contributed by atoms with E-state index >= 15 is 0 Å². The van der Waals surface area contributed by atoms with Crippen molar-refractivity contribution in [1.29, 1.82) is 0 Å². The van der Waals surface area contributed by atoms with Gasteiger partial charge in [-0.1, -0.05) is 30.3 Å². The Morgan fingerprint density at radius 3 is 2.30 bits per heavy atom. The summed E-state index contributed by atoms with van der Waals surface area (Å²) in [6.45, 7) is 1.32. The molecular formula is C19H20N2O2. The molecule has 0 bridgehead atoms. The van der Waals surface area contributed by atoms with Gasteiger partial charge in [-0.15, -0.1) is 0 Å². The minimum Gasteiger partial charge on any atom is -0.342 e. The molecule has 0 spiro atoms. The number of nitrogens with zero attached hydrogens (tertiary/aromatic N) is 2. The van der Waals surface area contributed by atoms with Crippen LogP contribution in [-0.4, -0.2) is 34.7 Å². The number of pyridine rings is 1. The highest BCUT2D eigenvalue weighted by atomic mass is 16.2. The second-order valence-electron chi connectivity index (χ2n) is 5.92. The van der Waals surface area contributed by atoms with Crippen LogP contribution >= 0.6 is 0 Å². The number of amides is 1. The molecule has 4 heteroatoms. The first kappa shape index (κ1) is 15.4. The molecule has 1 aromatic carbocycles. The molecule has 1 saturated heterocycles. The summed E-state index contributed by atoms with van der Waals surface area (Å²) in [5.74, 6) is 0.357. The quantitative estimate of drug-likeness (QED) is 0.816. The number of likely N-dealkylation sites (tertiary alicyclic amines) is 1. The molecule has 0 aliphatic carbocycles. The van der Waals surface area contributed by atoms with Gasteiger partial charge >= 0.3 is 0 Å². The van der Waals surface area contributed by atoms with Crippen LogP contribution in [0.4, 0.5) is 0 Å². The van der Waals surface area contributed by atoms with E-state index in [9.17, 15) is 9.59 Å². The molecule has 3 rings (SSSR count). The number of piperidine rings is 1. The van der Waals surface area contributed by atoms with E-state index in [0.29, 0.717) is 19.5 Å². The van der Waals surface area contributed by atoms with Gasteiger partial charge in [-0.25, -0.2) is 0 Å². The second kappa shape index (κ2) is 7.18.